The van der Waals surface area contributed by atoms with Gasteiger partial charge in [0, 0.05) is 12.8 Å². The van der Waals surface area contributed by atoms with E-state index in [2.05, 4.69) is 0 Å². The highest BCUT2D eigenvalue weighted by Crippen LogP contribution is 2.27. The van der Waals surface area contributed by atoms with Crippen molar-refractivity contribution in [3.8, 4) is 0 Å². The van der Waals surface area contributed by atoms with E-state index in [9.17, 15) is 18.6 Å². The Kier molecular flexibility index (Phi) is 4.71. The van der Waals surface area contributed by atoms with Gasteiger partial charge in [-0.3, -0.25) is 0 Å². The molecule has 0 amide bonds. The van der Waals surface area contributed by atoms with Gasteiger partial charge in [0.05, 0.1) is 11.5 Å². The van der Waals surface area contributed by atoms with E-state index in [0.717, 1.165) is 0 Å². The predicted octanol–water partition coefficient (Wildman–Crippen LogP) is 2.03. The third kappa shape index (κ3) is 5.27. The molecule has 0 aromatic heterocycles. The van der Waals surface area contributed by atoms with Crippen LogP contribution in [0.1, 0.15) is 12.8 Å². The molecule has 4 nitrogen and oxygen atoms in total. The summed E-state index contributed by atoms with van der Waals surface area (Å²) in [5.41, 5.74) is 1.21. The van der Waals surface area contributed by atoms with Gasteiger partial charge < -0.3 is 10.2 Å². The van der Waals surface area contributed by atoms with Crippen LogP contribution in [-0.4, -0.2) is 40.3 Å². The van der Waals surface area contributed by atoms with Gasteiger partial charge in [-0.2, -0.15) is 0 Å². The highest BCUT2D eigenvalue weighted by molar-refractivity contribution is 7.91. The van der Waals surface area contributed by atoms with Crippen molar-refractivity contribution < 1.29 is 18.6 Å². The quantitative estimate of drug-likeness (QED) is 0.760. The van der Waals surface area contributed by atoms with Gasteiger partial charge in [0.2, 0.25) is 0 Å². The lowest BCUT2D eigenvalue weighted by atomic mass is 10.1. The number of rotatable bonds is 4. The Morgan fingerprint density at radius 1 is 0.952 bits per heavy atom. The van der Waals surface area contributed by atoms with Crippen molar-refractivity contribution in [1.29, 1.82) is 0 Å². The number of sulfone groups is 1. The molecule has 0 saturated carbocycles. The van der Waals surface area contributed by atoms with Gasteiger partial charge in [0.25, 0.3) is 0 Å². The second-order valence-corrected chi connectivity index (χ2v) is 8.68. The third-order valence-corrected chi connectivity index (χ3v) is 5.29. The van der Waals surface area contributed by atoms with E-state index in [1.54, 1.807) is 12.2 Å². The zero-order valence-electron chi connectivity index (χ0n) is 11.2. The molecule has 0 saturated heterocycles. The van der Waals surface area contributed by atoms with Gasteiger partial charge >= 0.3 is 0 Å². The lowest BCUT2D eigenvalue weighted by Gasteiger charge is -2.20. The molecule has 2 N–H and O–H groups in total. The average Bonchev–Trinajstić information content (AvgIpc) is 2.34. The fourth-order valence-electron chi connectivity index (χ4n) is 2.06. The summed E-state index contributed by atoms with van der Waals surface area (Å²) in [6, 6.07) is 0. The van der Waals surface area contributed by atoms with Crippen molar-refractivity contribution in [3.63, 3.8) is 0 Å². The Morgan fingerprint density at radius 2 is 1.33 bits per heavy atom. The molecule has 0 spiro atoms. The Labute approximate surface area is 134 Å². The van der Waals surface area contributed by atoms with Crippen LogP contribution in [-0.2, 0) is 9.84 Å². The standard InChI is InChI=1S/C14H16Cl2O4S/c15-13(17)5-1-11(2-6-13)9-21(19,20)10-12-3-7-14(16,18)8-4-12/h1-5,7,17-18H,6,8-10H2. The molecule has 0 heterocycles. The Bertz CT molecular complexity index is 590. The first-order valence-corrected chi connectivity index (χ1v) is 8.94. The first-order valence-electron chi connectivity index (χ1n) is 6.37. The average molecular weight is 351 g/mol. The monoisotopic (exact) mass is 350 g/mol. The predicted molar refractivity (Wildman–Crippen MR) is 83.9 cm³/mol. The molecule has 0 aliphatic heterocycles. The molecule has 21 heavy (non-hydrogen) atoms. The van der Waals surface area contributed by atoms with Crippen LogP contribution < -0.4 is 0 Å². The van der Waals surface area contributed by atoms with Crippen molar-refractivity contribution in [2.75, 3.05) is 11.5 Å². The van der Waals surface area contributed by atoms with E-state index >= 15 is 0 Å². The van der Waals surface area contributed by atoms with Crippen LogP contribution in [0.5, 0.6) is 0 Å². The maximum atomic E-state index is 12.1. The molecule has 0 aromatic rings. The minimum Gasteiger partial charge on any atom is -0.371 e. The van der Waals surface area contributed by atoms with Crippen LogP contribution >= 0.6 is 23.2 Å². The number of hydrogen-bond donors (Lipinski definition) is 2. The zero-order valence-corrected chi connectivity index (χ0v) is 13.5. The van der Waals surface area contributed by atoms with E-state index in [-0.39, 0.29) is 24.3 Å². The fourth-order valence-corrected chi connectivity index (χ4v) is 3.89. The van der Waals surface area contributed by atoms with Gasteiger partial charge in [-0.25, -0.2) is 8.42 Å². The number of hydrogen-bond acceptors (Lipinski definition) is 4. The molecule has 0 fully saturated rings. The SMILES string of the molecule is O=S(=O)(CC1=CCC(O)(Cl)C=C1)CC1=CCC(O)(Cl)C=C1. The van der Waals surface area contributed by atoms with Gasteiger partial charge in [-0.15, -0.1) is 0 Å². The van der Waals surface area contributed by atoms with Crippen LogP contribution in [0.2, 0.25) is 0 Å². The molecule has 2 unspecified atom stereocenters. The molecular weight excluding hydrogens is 335 g/mol. The first-order chi connectivity index (χ1) is 9.57. The van der Waals surface area contributed by atoms with Crippen molar-refractivity contribution in [2.24, 2.45) is 0 Å². The summed E-state index contributed by atoms with van der Waals surface area (Å²) < 4.78 is 24.3. The minimum atomic E-state index is -3.34. The van der Waals surface area contributed by atoms with Crippen molar-refractivity contribution in [1.82, 2.24) is 0 Å². The van der Waals surface area contributed by atoms with Gasteiger partial charge in [0.1, 0.15) is 0 Å². The summed E-state index contributed by atoms with van der Waals surface area (Å²) in [6.45, 7) is 0. The second-order valence-electron chi connectivity index (χ2n) is 5.30. The second kappa shape index (κ2) is 5.89. The topological polar surface area (TPSA) is 74.6 Å². The Balaban J connectivity index is 1.98. The largest absolute Gasteiger partial charge is 0.371 e. The summed E-state index contributed by atoms with van der Waals surface area (Å²) in [7, 11) is -3.34. The number of alkyl halides is 2. The maximum Gasteiger partial charge on any atom is 0.161 e. The van der Waals surface area contributed by atoms with Crippen molar-refractivity contribution in [3.05, 3.63) is 47.6 Å². The van der Waals surface area contributed by atoms with Gasteiger partial charge in [-0.05, 0) is 23.3 Å². The van der Waals surface area contributed by atoms with E-state index in [4.69, 9.17) is 23.2 Å². The van der Waals surface area contributed by atoms with E-state index < -0.39 is 20.0 Å². The van der Waals surface area contributed by atoms with Crippen LogP contribution in [0, 0.1) is 0 Å². The van der Waals surface area contributed by atoms with E-state index in [1.807, 2.05) is 0 Å². The summed E-state index contributed by atoms with van der Waals surface area (Å²) in [6.07, 6.45) is 9.41. The van der Waals surface area contributed by atoms with Crippen molar-refractivity contribution in [2.45, 2.75) is 23.0 Å². The third-order valence-electron chi connectivity index (χ3n) is 3.18. The molecule has 2 aliphatic rings. The van der Waals surface area contributed by atoms with E-state index in [1.165, 1.54) is 24.3 Å². The highest BCUT2D eigenvalue weighted by atomic mass is 35.5. The molecule has 116 valence electrons. The van der Waals surface area contributed by atoms with Crippen molar-refractivity contribution >= 4 is 33.0 Å². The van der Waals surface area contributed by atoms with Gasteiger partial charge in [-0.1, -0.05) is 47.5 Å². The molecule has 2 atom stereocenters. The summed E-state index contributed by atoms with van der Waals surface area (Å²) in [4.78, 5) is 0. The maximum absolute atomic E-state index is 12.1. The Morgan fingerprint density at radius 3 is 1.62 bits per heavy atom. The lowest BCUT2D eigenvalue weighted by Crippen LogP contribution is -2.22. The lowest BCUT2D eigenvalue weighted by molar-refractivity contribution is 0.181. The minimum absolute atomic E-state index is 0.118. The molecule has 0 radical (unpaired) electrons. The van der Waals surface area contributed by atoms with Gasteiger partial charge in [0.15, 0.2) is 20.0 Å². The van der Waals surface area contributed by atoms with Crippen LogP contribution in [0.4, 0.5) is 0 Å². The Hall–Kier alpha value is -0.590. The summed E-state index contributed by atoms with van der Waals surface area (Å²) >= 11 is 11.4. The smallest absolute Gasteiger partial charge is 0.161 e. The number of aliphatic hydroxyl groups is 2. The van der Waals surface area contributed by atoms with Crippen LogP contribution in [0.3, 0.4) is 0 Å². The molecule has 0 bridgehead atoms. The summed E-state index contributed by atoms with van der Waals surface area (Å²) in [5, 5.41) is 16.2. The molecular formula is C14H16Cl2O4S. The zero-order chi connectivity index (χ0) is 15.7. The van der Waals surface area contributed by atoms with E-state index in [0.29, 0.717) is 11.1 Å². The first kappa shape index (κ1) is 16.8. The molecule has 0 aromatic carbocycles. The highest BCUT2D eigenvalue weighted by Gasteiger charge is 2.25. The molecule has 2 aliphatic carbocycles. The van der Waals surface area contributed by atoms with Crippen LogP contribution in [0.25, 0.3) is 0 Å². The molecule has 2 rings (SSSR count). The molecule has 7 heteroatoms. The van der Waals surface area contributed by atoms with Crippen LogP contribution in [0.15, 0.2) is 47.6 Å². The number of halogens is 2. The summed E-state index contributed by atoms with van der Waals surface area (Å²) in [5.74, 6) is -0.237. The fraction of sp³-hybridized carbons (Fsp3) is 0.429. The number of allylic oxidation sites excluding steroid dienone is 2. The normalized spacial score (nSPS) is 32.8.